The minimum absolute atomic E-state index is 0.114. The van der Waals surface area contributed by atoms with Gasteiger partial charge >= 0.3 is 0 Å². The summed E-state index contributed by atoms with van der Waals surface area (Å²) in [4.78, 5) is 13.6. The summed E-state index contributed by atoms with van der Waals surface area (Å²) in [5, 5.41) is 13.2. The minimum Gasteiger partial charge on any atom is -0.503 e. The van der Waals surface area contributed by atoms with Crippen molar-refractivity contribution in [2.45, 2.75) is 13.8 Å². The van der Waals surface area contributed by atoms with E-state index in [-0.39, 0.29) is 22.4 Å². The highest BCUT2D eigenvalue weighted by atomic mass is 35.5. The van der Waals surface area contributed by atoms with Gasteiger partial charge < -0.3 is 15.2 Å². The first kappa shape index (κ1) is 15.6. The summed E-state index contributed by atoms with van der Waals surface area (Å²) in [6, 6.07) is 3.17. The van der Waals surface area contributed by atoms with Crippen molar-refractivity contribution in [1.82, 2.24) is 10.2 Å². The Morgan fingerprint density at radius 3 is 2.76 bits per heavy atom. The van der Waals surface area contributed by atoms with Gasteiger partial charge in [-0.25, -0.2) is 0 Å². The van der Waals surface area contributed by atoms with Crippen molar-refractivity contribution in [3.63, 3.8) is 0 Å². The van der Waals surface area contributed by atoms with Crippen molar-refractivity contribution in [3.05, 3.63) is 28.4 Å². The summed E-state index contributed by atoms with van der Waals surface area (Å²) >= 11 is 11.0. The summed E-state index contributed by atoms with van der Waals surface area (Å²) in [6.45, 7) is 4.55. The predicted molar refractivity (Wildman–Crippen MR) is 85.4 cm³/mol. The van der Waals surface area contributed by atoms with Crippen LogP contribution in [-0.4, -0.2) is 34.2 Å². The predicted octanol–water partition coefficient (Wildman–Crippen LogP) is 2.52. The maximum atomic E-state index is 12.1. The van der Waals surface area contributed by atoms with Crippen LogP contribution in [-0.2, 0) is 4.79 Å². The monoisotopic (exact) mass is 326 g/mol. The lowest BCUT2D eigenvalue weighted by Crippen LogP contribution is -2.30. The number of hydrogen-bond acceptors (Lipinski definition) is 4. The molecule has 0 unspecified atom stereocenters. The summed E-state index contributed by atoms with van der Waals surface area (Å²) in [6.07, 6.45) is 1.62. The summed E-state index contributed by atoms with van der Waals surface area (Å²) in [5.41, 5.74) is 1.00. The molecule has 2 rings (SSSR count). The van der Waals surface area contributed by atoms with E-state index in [4.69, 9.17) is 28.6 Å². The molecule has 1 saturated heterocycles. The number of nitrogens with one attached hydrogen (secondary N) is 1. The average Bonchev–Trinajstić information content (AvgIpc) is 2.70. The summed E-state index contributed by atoms with van der Waals surface area (Å²) < 4.78 is 5.31. The zero-order valence-electron chi connectivity index (χ0n) is 11.6. The number of nitrogens with zero attached hydrogens (tertiary/aromatic N) is 1. The Bertz CT molecular complexity index is 631. The van der Waals surface area contributed by atoms with Gasteiger partial charge in [0.25, 0.3) is 5.91 Å². The van der Waals surface area contributed by atoms with Crippen LogP contribution in [0.25, 0.3) is 6.08 Å². The van der Waals surface area contributed by atoms with E-state index in [1.54, 1.807) is 25.1 Å². The molecule has 0 aliphatic carbocycles. The van der Waals surface area contributed by atoms with Gasteiger partial charge in [-0.15, -0.1) is 0 Å². The van der Waals surface area contributed by atoms with E-state index in [1.165, 1.54) is 4.90 Å². The van der Waals surface area contributed by atoms with Gasteiger partial charge in [0.15, 0.2) is 16.6 Å². The van der Waals surface area contributed by atoms with Crippen LogP contribution in [0.2, 0.25) is 5.02 Å². The number of thiocarbonyl (C=S) groups is 1. The van der Waals surface area contributed by atoms with E-state index >= 15 is 0 Å². The first-order valence-corrected chi connectivity index (χ1v) is 7.26. The molecule has 0 aromatic heterocycles. The van der Waals surface area contributed by atoms with Crippen molar-refractivity contribution < 1.29 is 14.6 Å². The van der Waals surface area contributed by atoms with E-state index in [9.17, 15) is 9.90 Å². The molecule has 21 heavy (non-hydrogen) atoms. The highest BCUT2D eigenvalue weighted by Crippen LogP contribution is 2.36. The molecular formula is C14H15ClN2O3S. The van der Waals surface area contributed by atoms with Crippen LogP contribution in [0.4, 0.5) is 0 Å². The number of benzene rings is 1. The molecular weight excluding hydrogens is 312 g/mol. The van der Waals surface area contributed by atoms with E-state index in [1.807, 2.05) is 6.92 Å². The van der Waals surface area contributed by atoms with E-state index in [0.717, 1.165) is 0 Å². The van der Waals surface area contributed by atoms with Gasteiger partial charge in [-0.3, -0.25) is 9.69 Å². The fourth-order valence-electron chi connectivity index (χ4n) is 1.97. The molecule has 7 heteroatoms. The lowest BCUT2D eigenvalue weighted by Gasteiger charge is -2.09. The summed E-state index contributed by atoms with van der Waals surface area (Å²) in [7, 11) is 0. The van der Waals surface area contributed by atoms with Crippen LogP contribution in [0.3, 0.4) is 0 Å². The molecule has 0 bridgehead atoms. The average molecular weight is 327 g/mol. The zero-order valence-corrected chi connectivity index (χ0v) is 13.2. The third kappa shape index (κ3) is 3.11. The van der Waals surface area contributed by atoms with Crippen molar-refractivity contribution in [2.24, 2.45) is 0 Å². The van der Waals surface area contributed by atoms with E-state index < -0.39 is 0 Å². The fraction of sp³-hybridized carbons (Fsp3) is 0.286. The van der Waals surface area contributed by atoms with Gasteiger partial charge in [-0.1, -0.05) is 11.6 Å². The van der Waals surface area contributed by atoms with Gasteiger partial charge in [0.05, 0.1) is 11.6 Å². The number of phenolic OH excluding ortho intramolecular Hbond substituents is 1. The maximum absolute atomic E-state index is 12.1. The highest BCUT2D eigenvalue weighted by molar-refractivity contribution is 7.80. The lowest BCUT2D eigenvalue weighted by atomic mass is 10.1. The molecule has 0 atom stereocenters. The second-order valence-electron chi connectivity index (χ2n) is 4.32. The number of halogens is 1. The Kier molecular flexibility index (Phi) is 4.69. The second kappa shape index (κ2) is 6.32. The molecule has 1 fully saturated rings. The molecule has 1 aromatic rings. The number of carbonyl (C=O) groups excluding carboxylic acids is 1. The fourth-order valence-corrected chi connectivity index (χ4v) is 2.51. The number of carbonyl (C=O) groups is 1. The van der Waals surface area contributed by atoms with Gasteiger partial charge in [0, 0.05) is 6.54 Å². The Morgan fingerprint density at radius 2 is 2.19 bits per heavy atom. The maximum Gasteiger partial charge on any atom is 0.276 e. The summed E-state index contributed by atoms with van der Waals surface area (Å²) in [5.74, 6) is -0.0287. The molecule has 2 N–H and O–H groups in total. The van der Waals surface area contributed by atoms with Crippen molar-refractivity contribution in [2.75, 3.05) is 13.2 Å². The van der Waals surface area contributed by atoms with Crippen molar-refractivity contribution in [3.8, 4) is 11.5 Å². The van der Waals surface area contributed by atoms with Gasteiger partial charge in [-0.2, -0.15) is 0 Å². The van der Waals surface area contributed by atoms with Gasteiger partial charge in [0.1, 0.15) is 5.70 Å². The van der Waals surface area contributed by atoms with Crippen LogP contribution in [0, 0.1) is 0 Å². The van der Waals surface area contributed by atoms with Crippen molar-refractivity contribution >= 4 is 40.9 Å². The number of phenols is 1. The van der Waals surface area contributed by atoms with E-state index in [2.05, 4.69) is 5.32 Å². The minimum atomic E-state index is -0.190. The lowest BCUT2D eigenvalue weighted by molar-refractivity contribution is -0.122. The third-order valence-corrected chi connectivity index (χ3v) is 3.55. The molecule has 0 spiro atoms. The standard InChI is InChI=1S/C14H15ClN2O3S/c1-3-17-13(19)10(16-14(17)21)6-8-5-9(15)12(18)11(7-8)20-4-2/h5-7,18H,3-4H2,1-2H3,(H,16,21)/b10-6-. The highest BCUT2D eigenvalue weighted by Gasteiger charge is 2.29. The first-order valence-electron chi connectivity index (χ1n) is 6.47. The number of ether oxygens (including phenoxy) is 1. The quantitative estimate of drug-likeness (QED) is 0.657. The topological polar surface area (TPSA) is 61.8 Å². The number of rotatable bonds is 4. The molecule has 5 nitrogen and oxygen atoms in total. The molecule has 1 aliphatic rings. The zero-order chi connectivity index (χ0) is 15.6. The van der Waals surface area contributed by atoms with E-state index in [0.29, 0.717) is 29.5 Å². The van der Waals surface area contributed by atoms with Crippen LogP contribution in [0.5, 0.6) is 11.5 Å². The van der Waals surface area contributed by atoms with Crippen LogP contribution in [0.1, 0.15) is 19.4 Å². The molecule has 0 radical (unpaired) electrons. The van der Waals surface area contributed by atoms with Crippen molar-refractivity contribution in [1.29, 1.82) is 0 Å². The van der Waals surface area contributed by atoms with Crippen LogP contribution >= 0.6 is 23.8 Å². The Hall–Kier alpha value is -1.79. The SMILES string of the molecule is CCOc1cc(/C=C2\NC(=S)N(CC)C2=O)cc(Cl)c1O. The third-order valence-electron chi connectivity index (χ3n) is 2.94. The van der Waals surface area contributed by atoms with Crippen LogP contribution < -0.4 is 10.1 Å². The molecule has 0 saturated carbocycles. The number of amides is 1. The number of hydrogen-bond donors (Lipinski definition) is 2. The van der Waals surface area contributed by atoms with Gasteiger partial charge in [-0.05, 0) is 49.8 Å². The Balaban J connectivity index is 2.37. The molecule has 1 aromatic carbocycles. The first-order chi connectivity index (χ1) is 9.97. The molecule has 1 amide bonds. The van der Waals surface area contributed by atoms with Crippen LogP contribution in [0.15, 0.2) is 17.8 Å². The normalized spacial score (nSPS) is 16.5. The molecule has 1 heterocycles. The smallest absolute Gasteiger partial charge is 0.276 e. The van der Waals surface area contributed by atoms with Gasteiger partial charge in [0.2, 0.25) is 0 Å². The molecule has 1 aliphatic heterocycles. The Morgan fingerprint density at radius 1 is 1.48 bits per heavy atom. The largest absolute Gasteiger partial charge is 0.503 e. The molecule has 112 valence electrons. The second-order valence-corrected chi connectivity index (χ2v) is 5.11. The number of aromatic hydroxyl groups is 1. The number of likely N-dealkylation sites (N-methyl/N-ethyl adjacent to an activating group) is 1. The Labute approximate surface area is 133 Å².